The second-order valence-electron chi connectivity index (χ2n) is 3.19. The normalized spacial score (nSPS) is 13.5. The molecule has 94 valence electrons. The molecule has 4 N–H and O–H groups in total. The topological polar surface area (TPSA) is 83.5 Å². The third kappa shape index (κ3) is 2.89. The van der Waals surface area contributed by atoms with Crippen molar-refractivity contribution < 1.29 is 28.2 Å². The molecule has 0 heterocycles. The zero-order valence-electron chi connectivity index (χ0n) is 8.12. The van der Waals surface area contributed by atoms with Crippen LogP contribution in [-0.4, -0.2) is 16.2 Å². The lowest BCUT2D eigenvalue weighted by atomic mass is 10.00. The number of aliphatic hydroxyl groups excluding tert-OH is 1. The van der Waals surface area contributed by atoms with Crippen LogP contribution in [0.3, 0.4) is 0 Å². The van der Waals surface area contributed by atoms with Crippen molar-refractivity contribution in [2.75, 3.05) is 5.73 Å². The van der Waals surface area contributed by atoms with Crippen molar-refractivity contribution in [2.45, 2.75) is 12.3 Å². The summed E-state index contributed by atoms with van der Waals surface area (Å²) in [5.41, 5.74) is 2.73. The Balaban J connectivity index is 3.52. The maximum atomic E-state index is 12.7. The molecule has 0 amide bonds. The quantitative estimate of drug-likeness (QED) is 0.731. The van der Waals surface area contributed by atoms with Crippen LogP contribution >= 0.6 is 15.9 Å². The van der Waals surface area contributed by atoms with E-state index in [-0.39, 0.29) is 4.47 Å². The van der Waals surface area contributed by atoms with Crippen LogP contribution in [-0.2, 0) is 11.0 Å². The summed E-state index contributed by atoms with van der Waals surface area (Å²) in [5.74, 6) is -1.80. The fourth-order valence-electron chi connectivity index (χ4n) is 1.30. The molecule has 0 fully saturated rings. The number of hydrogen-bond donors (Lipinski definition) is 3. The molecule has 0 aliphatic carbocycles. The first-order chi connectivity index (χ1) is 7.64. The molecule has 0 saturated carbocycles. The van der Waals surface area contributed by atoms with Gasteiger partial charge in [0.05, 0.1) is 5.56 Å². The third-order valence-electron chi connectivity index (χ3n) is 1.99. The Bertz CT molecular complexity index is 462. The van der Waals surface area contributed by atoms with Gasteiger partial charge in [0.1, 0.15) is 0 Å². The number of nitrogen functional groups attached to an aromatic ring is 1. The maximum absolute atomic E-state index is 12.7. The van der Waals surface area contributed by atoms with Crippen molar-refractivity contribution in [3.63, 3.8) is 0 Å². The Morgan fingerprint density at radius 3 is 2.35 bits per heavy atom. The maximum Gasteiger partial charge on any atom is 0.416 e. The summed E-state index contributed by atoms with van der Waals surface area (Å²) in [4.78, 5) is 10.5. The SMILES string of the molecule is Nc1cc(Br)cc(C(F)(F)F)c1C(O)C(=O)O. The first-order valence-corrected chi connectivity index (χ1v) is 5.01. The molecule has 4 nitrogen and oxygen atoms in total. The summed E-state index contributed by atoms with van der Waals surface area (Å²) in [7, 11) is 0. The minimum absolute atomic E-state index is 0.0451. The Morgan fingerprint density at radius 2 is 1.94 bits per heavy atom. The Morgan fingerprint density at radius 1 is 1.41 bits per heavy atom. The number of benzene rings is 1. The lowest BCUT2D eigenvalue weighted by molar-refractivity contribution is -0.149. The average Bonchev–Trinajstić information content (AvgIpc) is 2.14. The first-order valence-electron chi connectivity index (χ1n) is 4.21. The number of aliphatic carboxylic acids is 1. The van der Waals surface area contributed by atoms with E-state index in [1.165, 1.54) is 0 Å². The Kier molecular flexibility index (Phi) is 3.68. The summed E-state index contributed by atoms with van der Waals surface area (Å²) < 4.78 is 38.0. The number of alkyl halides is 3. The first kappa shape index (κ1) is 13.8. The van der Waals surface area contributed by atoms with Gasteiger partial charge in [0.25, 0.3) is 0 Å². The molecular formula is C9H7BrF3NO3. The van der Waals surface area contributed by atoms with Crippen molar-refractivity contribution in [3.05, 3.63) is 27.7 Å². The van der Waals surface area contributed by atoms with E-state index in [2.05, 4.69) is 15.9 Å². The lowest BCUT2D eigenvalue weighted by Gasteiger charge is -2.17. The number of carboxylic acids is 1. The molecular weight excluding hydrogens is 307 g/mol. The lowest BCUT2D eigenvalue weighted by Crippen LogP contribution is -2.19. The van der Waals surface area contributed by atoms with Gasteiger partial charge in [-0.15, -0.1) is 0 Å². The van der Waals surface area contributed by atoms with Gasteiger partial charge in [-0.05, 0) is 12.1 Å². The molecule has 1 rings (SSSR count). The van der Waals surface area contributed by atoms with Crippen LogP contribution in [0.2, 0.25) is 0 Å². The minimum atomic E-state index is -4.80. The third-order valence-corrected chi connectivity index (χ3v) is 2.45. The van der Waals surface area contributed by atoms with Gasteiger partial charge in [-0.25, -0.2) is 4.79 Å². The fourth-order valence-corrected chi connectivity index (χ4v) is 1.78. The van der Waals surface area contributed by atoms with Crippen molar-refractivity contribution >= 4 is 27.6 Å². The molecule has 0 aromatic heterocycles. The second kappa shape index (κ2) is 4.53. The molecule has 1 atom stereocenters. The van der Waals surface area contributed by atoms with Gasteiger partial charge < -0.3 is 15.9 Å². The highest BCUT2D eigenvalue weighted by Crippen LogP contribution is 2.39. The van der Waals surface area contributed by atoms with Crippen LogP contribution in [0, 0.1) is 0 Å². The van der Waals surface area contributed by atoms with Crippen LogP contribution in [0.1, 0.15) is 17.2 Å². The predicted molar refractivity (Wildman–Crippen MR) is 56.2 cm³/mol. The van der Waals surface area contributed by atoms with Gasteiger partial charge in [-0.3, -0.25) is 0 Å². The molecule has 0 aliphatic heterocycles. The molecule has 0 saturated heterocycles. The molecule has 8 heteroatoms. The van der Waals surface area contributed by atoms with Crippen LogP contribution in [0.4, 0.5) is 18.9 Å². The molecule has 17 heavy (non-hydrogen) atoms. The number of carboxylic acid groups (broad SMARTS) is 1. The van der Waals surface area contributed by atoms with E-state index in [1.54, 1.807) is 0 Å². The van der Waals surface area contributed by atoms with Crippen LogP contribution in [0.5, 0.6) is 0 Å². The van der Waals surface area contributed by atoms with E-state index in [0.29, 0.717) is 6.07 Å². The monoisotopic (exact) mass is 313 g/mol. The summed E-state index contributed by atoms with van der Waals surface area (Å²) in [6, 6.07) is 1.76. The van der Waals surface area contributed by atoms with Crippen molar-refractivity contribution in [1.29, 1.82) is 0 Å². The highest BCUT2D eigenvalue weighted by Gasteiger charge is 2.38. The Hall–Kier alpha value is -1.28. The minimum Gasteiger partial charge on any atom is -0.479 e. The zero-order valence-corrected chi connectivity index (χ0v) is 9.71. The highest BCUT2D eigenvalue weighted by atomic mass is 79.9. The standard InChI is InChI=1S/C9H7BrF3NO3/c10-3-1-4(9(11,12)13)6(5(14)2-3)7(15)8(16)17/h1-2,7,15H,14H2,(H,16,17). The smallest absolute Gasteiger partial charge is 0.416 e. The zero-order chi connectivity index (χ0) is 13.4. The van der Waals surface area contributed by atoms with Crippen molar-refractivity contribution in [2.24, 2.45) is 0 Å². The van der Waals surface area contributed by atoms with E-state index in [4.69, 9.17) is 10.8 Å². The Labute approximate surface area is 102 Å². The summed E-state index contributed by atoms with van der Waals surface area (Å²) in [5, 5.41) is 17.8. The summed E-state index contributed by atoms with van der Waals surface area (Å²) >= 11 is 2.82. The summed E-state index contributed by atoms with van der Waals surface area (Å²) in [6.07, 6.45) is -7.12. The van der Waals surface area contributed by atoms with E-state index in [0.717, 1.165) is 6.07 Å². The van der Waals surface area contributed by atoms with Crippen LogP contribution in [0.15, 0.2) is 16.6 Å². The van der Waals surface area contributed by atoms with Gasteiger partial charge in [-0.1, -0.05) is 15.9 Å². The average molecular weight is 314 g/mol. The molecule has 0 aliphatic rings. The molecule has 0 spiro atoms. The van der Waals surface area contributed by atoms with Gasteiger partial charge >= 0.3 is 12.1 Å². The fraction of sp³-hybridized carbons (Fsp3) is 0.222. The van der Waals surface area contributed by atoms with Crippen molar-refractivity contribution in [3.8, 4) is 0 Å². The molecule has 1 aromatic carbocycles. The molecule has 0 radical (unpaired) electrons. The number of hydrogen-bond acceptors (Lipinski definition) is 3. The predicted octanol–water partition coefficient (Wildman–Crippen LogP) is 2.17. The number of nitrogens with two attached hydrogens (primary N) is 1. The van der Waals surface area contributed by atoms with Crippen LogP contribution < -0.4 is 5.73 Å². The van der Waals surface area contributed by atoms with E-state index in [9.17, 15) is 23.1 Å². The van der Waals surface area contributed by atoms with Gasteiger partial charge in [0.2, 0.25) is 0 Å². The van der Waals surface area contributed by atoms with Gasteiger partial charge in [-0.2, -0.15) is 13.2 Å². The van der Waals surface area contributed by atoms with E-state index in [1.807, 2.05) is 0 Å². The van der Waals surface area contributed by atoms with Crippen LogP contribution in [0.25, 0.3) is 0 Å². The number of aliphatic hydroxyl groups is 1. The molecule has 0 bridgehead atoms. The van der Waals surface area contributed by atoms with Crippen molar-refractivity contribution in [1.82, 2.24) is 0 Å². The molecule has 1 aromatic rings. The highest BCUT2D eigenvalue weighted by molar-refractivity contribution is 9.10. The largest absolute Gasteiger partial charge is 0.479 e. The number of carbonyl (C=O) groups is 1. The number of anilines is 1. The number of rotatable bonds is 2. The van der Waals surface area contributed by atoms with Gasteiger partial charge in [0, 0.05) is 15.7 Å². The summed E-state index contributed by atoms with van der Waals surface area (Å²) in [6.45, 7) is 0. The van der Waals surface area contributed by atoms with E-state index < -0.39 is 35.1 Å². The van der Waals surface area contributed by atoms with Gasteiger partial charge in [0.15, 0.2) is 6.10 Å². The second-order valence-corrected chi connectivity index (χ2v) is 4.11. The van der Waals surface area contributed by atoms with E-state index >= 15 is 0 Å². The molecule has 1 unspecified atom stereocenters. The number of halogens is 4.